The molecule has 1 aliphatic rings. The van der Waals surface area contributed by atoms with Crippen molar-refractivity contribution in [2.45, 2.75) is 6.42 Å². The van der Waals surface area contributed by atoms with Gasteiger partial charge in [-0.15, -0.1) is 0 Å². The smallest absolute Gasteiger partial charge is 0.230 e. The Hall–Kier alpha value is -1.10. The van der Waals surface area contributed by atoms with Crippen molar-refractivity contribution in [1.82, 2.24) is 0 Å². The van der Waals surface area contributed by atoms with Gasteiger partial charge in [-0.25, -0.2) is 0 Å². The van der Waals surface area contributed by atoms with E-state index in [0.717, 1.165) is 12.2 Å². The molecule has 1 aromatic carbocycles. The average Bonchev–Trinajstić information content (AvgIpc) is 2.41. The lowest BCUT2D eigenvalue weighted by Gasteiger charge is -2.27. The summed E-state index contributed by atoms with van der Waals surface area (Å²) >= 11 is 5.80. The van der Waals surface area contributed by atoms with Crippen molar-refractivity contribution in [2.75, 3.05) is 45.1 Å². The molecule has 104 valence electrons. The van der Waals surface area contributed by atoms with Gasteiger partial charge >= 0.3 is 0 Å². The van der Waals surface area contributed by atoms with Crippen LogP contribution >= 0.6 is 11.6 Å². The van der Waals surface area contributed by atoms with E-state index in [2.05, 4.69) is 12.4 Å². The first-order valence-corrected chi connectivity index (χ1v) is 7.21. The molecule has 19 heavy (non-hydrogen) atoms. The minimum atomic E-state index is 0.0843. The number of piperazine rings is 1. The topological polar surface area (TPSA) is 38.0 Å². The van der Waals surface area contributed by atoms with E-state index in [0.29, 0.717) is 11.4 Å². The van der Waals surface area contributed by atoms with Crippen molar-refractivity contribution < 1.29 is 14.6 Å². The Morgan fingerprint density at radius 3 is 2.47 bits per heavy atom. The Morgan fingerprint density at radius 1 is 1.21 bits per heavy atom. The molecule has 0 radical (unpaired) electrons. The maximum absolute atomic E-state index is 11.8. The van der Waals surface area contributed by atoms with Gasteiger partial charge in [0.05, 0.1) is 20.0 Å². The molecular weight excluding hydrogens is 262 g/mol. The fourth-order valence-corrected chi connectivity index (χ4v) is 2.45. The predicted octanol–water partition coefficient (Wildman–Crippen LogP) is -0.918. The van der Waals surface area contributed by atoms with E-state index in [1.807, 2.05) is 12.1 Å². The summed E-state index contributed by atoms with van der Waals surface area (Å²) in [4.78, 5) is 15.0. The zero-order valence-corrected chi connectivity index (χ0v) is 12.1. The van der Waals surface area contributed by atoms with Gasteiger partial charge in [0, 0.05) is 10.7 Å². The second kappa shape index (κ2) is 6.89. The maximum atomic E-state index is 11.8. The first-order chi connectivity index (χ1) is 9.13. The average molecular weight is 284 g/mol. The molecule has 0 atom stereocenters. The molecule has 1 heterocycles. The maximum Gasteiger partial charge on any atom is 0.230 e. The van der Waals surface area contributed by atoms with Gasteiger partial charge in [-0.2, -0.15) is 0 Å². The number of rotatable bonds is 4. The third-order valence-corrected chi connectivity index (χ3v) is 3.90. The SMILES string of the molecule is C[NH+]1CC[NH+](CCC(=O)Nc2ccc(Cl)cc2)CC1. The minimum Gasteiger partial charge on any atom is -0.328 e. The Morgan fingerprint density at radius 2 is 1.84 bits per heavy atom. The lowest BCUT2D eigenvalue weighted by Crippen LogP contribution is -3.27. The number of nitrogens with one attached hydrogen (secondary N) is 3. The van der Waals surface area contributed by atoms with Gasteiger partial charge in [0.2, 0.25) is 5.91 Å². The Balaban J connectivity index is 1.71. The molecule has 0 saturated carbocycles. The van der Waals surface area contributed by atoms with Crippen molar-refractivity contribution in [3.8, 4) is 0 Å². The summed E-state index contributed by atoms with van der Waals surface area (Å²) in [5.74, 6) is 0.0843. The van der Waals surface area contributed by atoms with Crippen LogP contribution in [0.15, 0.2) is 24.3 Å². The molecule has 0 aliphatic carbocycles. The number of hydrogen-bond donors (Lipinski definition) is 3. The highest BCUT2D eigenvalue weighted by molar-refractivity contribution is 6.30. The van der Waals surface area contributed by atoms with Crippen LogP contribution in [0.1, 0.15) is 6.42 Å². The van der Waals surface area contributed by atoms with Gasteiger partial charge in [-0.05, 0) is 24.3 Å². The highest BCUT2D eigenvalue weighted by Gasteiger charge is 2.20. The summed E-state index contributed by atoms with van der Waals surface area (Å²) in [7, 11) is 2.23. The summed E-state index contributed by atoms with van der Waals surface area (Å²) in [6, 6.07) is 7.22. The fraction of sp³-hybridized carbons (Fsp3) is 0.500. The molecule has 0 aromatic heterocycles. The largest absolute Gasteiger partial charge is 0.328 e. The number of amides is 1. The summed E-state index contributed by atoms with van der Waals surface area (Å²) in [6.07, 6.45) is 0.580. The molecule has 0 unspecified atom stereocenters. The highest BCUT2D eigenvalue weighted by Crippen LogP contribution is 2.13. The number of anilines is 1. The summed E-state index contributed by atoms with van der Waals surface area (Å²) in [5, 5.41) is 3.58. The highest BCUT2D eigenvalue weighted by atomic mass is 35.5. The number of benzene rings is 1. The van der Waals surface area contributed by atoms with Crippen molar-refractivity contribution in [3.63, 3.8) is 0 Å². The quantitative estimate of drug-likeness (QED) is 0.657. The zero-order chi connectivity index (χ0) is 13.7. The zero-order valence-electron chi connectivity index (χ0n) is 11.3. The van der Waals surface area contributed by atoms with E-state index in [1.54, 1.807) is 17.0 Å². The van der Waals surface area contributed by atoms with Crippen molar-refractivity contribution >= 4 is 23.2 Å². The van der Waals surface area contributed by atoms with Crippen molar-refractivity contribution in [1.29, 1.82) is 0 Å². The number of halogens is 1. The third-order valence-electron chi connectivity index (χ3n) is 3.64. The fourth-order valence-electron chi connectivity index (χ4n) is 2.33. The molecule has 5 heteroatoms. The Labute approximate surface area is 119 Å². The van der Waals surface area contributed by atoms with E-state index in [9.17, 15) is 4.79 Å². The molecule has 1 fully saturated rings. The van der Waals surface area contributed by atoms with Crippen LogP contribution in [0.25, 0.3) is 0 Å². The van der Waals surface area contributed by atoms with Gasteiger partial charge in [0.15, 0.2) is 0 Å². The molecule has 2 rings (SSSR count). The van der Waals surface area contributed by atoms with Gasteiger partial charge in [-0.1, -0.05) is 11.6 Å². The van der Waals surface area contributed by atoms with Gasteiger partial charge in [-0.3, -0.25) is 4.79 Å². The van der Waals surface area contributed by atoms with E-state index >= 15 is 0 Å². The molecule has 1 aromatic rings. The molecule has 0 bridgehead atoms. The van der Waals surface area contributed by atoms with Crippen LogP contribution in [0, 0.1) is 0 Å². The summed E-state index contributed by atoms with van der Waals surface area (Å²) < 4.78 is 0. The Kier molecular flexibility index (Phi) is 5.19. The summed E-state index contributed by atoms with van der Waals surface area (Å²) in [5.41, 5.74) is 0.812. The molecule has 4 nitrogen and oxygen atoms in total. The van der Waals surface area contributed by atoms with E-state index < -0.39 is 0 Å². The third kappa shape index (κ3) is 4.82. The number of likely N-dealkylation sites (N-methyl/N-ethyl adjacent to an activating group) is 1. The van der Waals surface area contributed by atoms with E-state index in [4.69, 9.17) is 11.6 Å². The number of carbonyl (C=O) groups excluding carboxylic acids is 1. The number of carbonyl (C=O) groups is 1. The molecule has 1 aliphatic heterocycles. The van der Waals surface area contributed by atoms with Gasteiger partial charge in [0.25, 0.3) is 0 Å². The standard InChI is InChI=1S/C14H20ClN3O/c1-17-8-10-18(11-9-17)7-6-14(19)16-13-4-2-12(15)3-5-13/h2-5H,6-11H2,1H3,(H,16,19)/p+2. The van der Waals surface area contributed by atoms with Crippen LogP contribution in [0.3, 0.4) is 0 Å². The Bertz CT molecular complexity index is 413. The normalized spacial score (nSPS) is 23.1. The predicted molar refractivity (Wildman–Crippen MR) is 76.9 cm³/mol. The molecule has 3 N–H and O–H groups in total. The molecular formula is C14H22ClN3O+2. The van der Waals surface area contributed by atoms with E-state index in [-0.39, 0.29) is 5.91 Å². The molecule has 1 saturated heterocycles. The van der Waals surface area contributed by atoms with Crippen LogP contribution < -0.4 is 15.1 Å². The summed E-state index contributed by atoms with van der Waals surface area (Å²) in [6.45, 7) is 5.66. The monoisotopic (exact) mass is 283 g/mol. The molecule has 1 amide bonds. The lowest BCUT2D eigenvalue weighted by molar-refractivity contribution is -1.00. The van der Waals surface area contributed by atoms with Crippen LogP contribution in [0.2, 0.25) is 5.02 Å². The first-order valence-electron chi connectivity index (χ1n) is 6.84. The van der Waals surface area contributed by atoms with Crippen molar-refractivity contribution in [3.05, 3.63) is 29.3 Å². The van der Waals surface area contributed by atoms with E-state index in [1.165, 1.54) is 31.1 Å². The minimum absolute atomic E-state index is 0.0843. The van der Waals surface area contributed by atoms with Crippen LogP contribution in [0.5, 0.6) is 0 Å². The van der Waals surface area contributed by atoms with Crippen molar-refractivity contribution in [2.24, 2.45) is 0 Å². The second-order valence-electron chi connectivity index (χ2n) is 5.26. The number of hydrogen-bond acceptors (Lipinski definition) is 1. The second-order valence-corrected chi connectivity index (χ2v) is 5.70. The van der Waals surface area contributed by atoms with Crippen LogP contribution in [-0.2, 0) is 4.79 Å². The lowest BCUT2D eigenvalue weighted by atomic mass is 10.2. The number of quaternary nitrogens is 2. The molecule has 0 spiro atoms. The van der Waals surface area contributed by atoms with Crippen LogP contribution in [-0.4, -0.2) is 45.7 Å². The van der Waals surface area contributed by atoms with Gasteiger partial charge < -0.3 is 15.1 Å². The van der Waals surface area contributed by atoms with Crippen LogP contribution in [0.4, 0.5) is 5.69 Å². The first kappa shape index (κ1) is 14.3. The van der Waals surface area contributed by atoms with Gasteiger partial charge in [0.1, 0.15) is 26.2 Å².